The van der Waals surface area contributed by atoms with Crippen molar-refractivity contribution in [3.63, 3.8) is 0 Å². The summed E-state index contributed by atoms with van der Waals surface area (Å²) < 4.78 is 4.67. The molecule has 3 aromatic rings. The SMILES string of the molecule is COC(=O)c1ccc(CNC(=O)CON=C2c3ccccc3-c3ccccc32)cc1. The molecule has 6 nitrogen and oxygen atoms in total. The number of nitrogens with zero attached hydrogens (tertiary/aromatic N) is 1. The van der Waals surface area contributed by atoms with E-state index in [-0.39, 0.29) is 12.5 Å². The highest BCUT2D eigenvalue weighted by atomic mass is 16.6. The minimum absolute atomic E-state index is 0.186. The zero-order chi connectivity index (χ0) is 20.9. The molecule has 0 spiro atoms. The second-order valence-electron chi connectivity index (χ2n) is 6.77. The van der Waals surface area contributed by atoms with Crippen molar-refractivity contribution in [2.45, 2.75) is 6.54 Å². The number of methoxy groups -OCH3 is 1. The molecule has 0 fully saturated rings. The predicted octanol–water partition coefficient (Wildman–Crippen LogP) is 3.54. The summed E-state index contributed by atoms with van der Waals surface area (Å²) in [6.07, 6.45) is 0. The Kier molecular flexibility index (Phi) is 5.57. The molecule has 1 N–H and O–H groups in total. The van der Waals surface area contributed by atoms with Crippen molar-refractivity contribution >= 4 is 17.6 Å². The highest BCUT2D eigenvalue weighted by molar-refractivity contribution is 6.24. The van der Waals surface area contributed by atoms with Crippen LogP contribution in [0.15, 0.2) is 78.0 Å². The number of esters is 1. The molecule has 0 aliphatic heterocycles. The molecular formula is C24H20N2O4. The molecular weight excluding hydrogens is 380 g/mol. The van der Waals surface area contributed by atoms with Crippen molar-refractivity contribution in [2.24, 2.45) is 5.16 Å². The first kappa shape index (κ1) is 19.4. The zero-order valence-corrected chi connectivity index (χ0v) is 16.4. The van der Waals surface area contributed by atoms with Gasteiger partial charge in [0.15, 0.2) is 6.61 Å². The van der Waals surface area contributed by atoms with Crippen LogP contribution in [0.25, 0.3) is 11.1 Å². The Morgan fingerprint density at radius 1 is 0.833 bits per heavy atom. The van der Waals surface area contributed by atoms with Gasteiger partial charge in [-0.05, 0) is 28.8 Å². The van der Waals surface area contributed by atoms with Crippen LogP contribution in [0.4, 0.5) is 0 Å². The number of rotatable bonds is 6. The van der Waals surface area contributed by atoms with Gasteiger partial charge in [0, 0.05) is 17.7 Å². The smallest absolute Gasteiger partial charge is 0.337 e. The van der Waals surface area contributed by atoms with Gasteiger partial charge in [-0.3, -0.25) is 4.79 Å². The van der Waals surface area contributed by atoms with E-state index in [1.807, 2.05) is 36.4 Å². The van der Waals surface area contributed by atoms with Crippen molar-refractivity contribution in [1.29, 1.82) is 0 Å². The Balaban J connectivity index is 1.36. The topological polar surface area (TPSA) is 77.0 Å². The number of benzene rings is 3. The summed E-state index contributed by atoms with van der Waals surface area (Å²) in [7, 11) is 1.34. The molecule has 4 rings (SSSR count). The lowest BCUT2D eigenvalue weighted by atomic mass is 10.1. The van der Waals surface area contributed by atoms with Gasteiger partial charge in [-0.2, -0.15) is 0 Å². The van der Waals surface area contributed by atoms with Crippen LogP contribution in [-0.4, -0.2) is 31.3 Å². The van der Waals surface area contributed by atoms with E-state index in [2.05, 4.69) is 27.3 Å². The van der Waals surface area contributed by atoms with Crippen molar-refractivity contribution in [3.8, 4) is 11.1 Å². The van der Waals surface area contributed by atoms with Crippen LogP contribution in [0.5, 0.6) is 0 Å². The van der Waals surface area contributed by atoms with Crippen molar-refractivity contribution < 1.29 is 19.2 Å². The largest absolute Gasteiger partial charge is 0.465 e. The molecule has 1 aliphatic carbocycles. The summed E-state index contributed by atoms with van der Waals surface area (Å²) in [5, 5.41) is 7.02. The lowest BCUT2D eigenvalue weighted by Crippen LogP contribution is -2.26. The van der Waals surface area contributed by atoms with Crippen molar-refractivity contribution in [2.75, 3.05) is 13.7 Å². The lowest BCUT2D eigenvalue weighted by Gasteiger charge is -2.06. The molecule has 0 atom stereocenters. The molecule has 0 radical (unpaired) electrons. The number of hydrogen-bond acceptors (Lipinski definition) is 5. The molecule has 0 aromatic heterocycles. The van der Waals surface area contributed by atoms with Gasteiger partial charge in [-0.25, -0.2) is 4.79 Å². The maximum atomic E-state index is 12.1. The van der Waals surface area contributed by atoms with Gasteiger partial charge in [-0.1, -0.05) is 65.8 Å². The average Bonchev–Trinajstić information content (AvgIpc) is 3.11. The Bertz CT molecular complexity index is 1070. The molecule has 1 aliphatic rings. The summed E-state index contributed by atoms with van der Waals surface area (Å²) in [5.41, 5.74) is 6.25. The van der Waals surface area contributed by atoms with E-state index in [0.717, 1.165) is 33.5 Å². The second kappa shape index (κ2) is 8.61. The highest BCUT2D eigenvalue weighted by Gasteiger charge is 2.24. The van der Waals surface area contributed by atoms with Crippen LogP contribution < -0.4 is 5.32 Å². The molecule has 6 heteroatoms. The van der Waals surface area contributed by atoms with Crippen LogP contribution >= 0.6 is 0 Å². The number of hydrogen-bond donors (Lipinski definition) is 1. The van der Waals surface area contributed by atoms with Crippen LogP contribution in [0, 0.1) is 0 Å². The number of carbonyl (C=O) groups excluding carboxylic acids is 2. The number of nitrogens with one attached hydrogen (secondary N) is 1. The van der Waals surface area contributed by atoms with Crippen LogP contribution in [0.2, 0.25) is 0 Å². The van der Waals surface area contributed by atoms with Gasteiger partial charge in [-0.15, -0.1) is 0 Å². The van der Waals surface area contributed by atoms with Crippen LogP contribution in [0.1, 0.15) is 27.0 Å². The zero-order valence-electron chi connectivity index (χ0n) is 16.4. The molecule has 150 valence electrons. The molecule has 3 aromatic carbocycles. The van der Waals surface area contributed by atoms with Gasteiger partial charge in [0.05, 0.1) is 12.7 Å². The van der Waals surface area contributed by atoms with Crippen LogP contribution in [0.3, 0.4) is 0 Å². The Labute approximate surface area is 174 Å². The quantitative estimate of drug-likeness (QED) is 0.397. The normalized spacial score (nSPS) is 11.3. The summed E-state index contributed by atoms with van der Waals surface area (Å²) in [6.45, 7) is 0.139. The second-order valence-corrected chi connectivity index (χ2v) is 6.77. The molecule has 0 heterocycles. The number of carbonyl (C=O) groups is 2. The maximum Gasteiger partial charge on any atom is 0.337 e. The standard InChI is InChI=1S/C24H20N2O4/c1-29-24(28)17-12-10-16(11-13-17)14-25-22(27)15-30-26-23-20-8-4-2-6-18(20)19-7-3-5-9-21(19)23/h2-13H,14-15H2,1H3,(H,25,27). The van der Waals surface area contributed by atoms with Gasteiger partial charge >= 0.3 is 5.97 Å². The molecule has 0 saturated heterocycles. The third kappa shape index (κ3) is 3.93. The molecule has 1 amide bonds. The third-order valence-corrected chi connectivity index (χ3v) is 4.87. The fourth-order valence-electron chi connectivity index (χ4n) is 3.38. The van der Waals surface area contributed by atoms with E-state index in [9.17, 15) is 9.59 Å². The van der Waals surface area contributed by atoms with E-state index in [4.69, 9.17) is 4.84 Å². The monoisotopic (exact) mass is 400 g/mol. The molecule has 0 saturated carbocycles. The van der Waals surface area contributed by atoms with Gasteiger partial charge in [0.25, 0.3) is 5.91 Å². The summed E-state index contributed by atoms with van der Waals surface area (Å²) in [6, 6.07) is 22.8. The molecule has 0 bridgehead atoms. The van der Waals surface area contributed by atoms with Crippen LogP contribution in [-0.2, 0) is 20.9 Å². The number of amides is 1. The average molecular weight is 400 g/mol. The molecule has 0 unspecified atom stereocenters. The minimum Gasteiger partial charge on any atom is -0.465 e. The number of fused-ring (bicyclic) bond motifs is 3. The fraction of sp³-hybridized carbons (Fsp3) is 0.125. The summed E-state index contributed by atoms with van der Waals surface area (Å²) in [4.78, 5) is 28.9. The van der Waals surface area contributed by atoms with E-state index in [1.54, 1.807) is 24.3 Å². The van der Waals surface area contributed by atoms with Crippen molar-refractivity contribution in [1.82, 2.24) is 5.32 Å². The fourth-order valence-corrected chi connectivity index (χ4v) is 3.38. The Hall–Kier alpha value is -3.93. The highest BCUT2D eigenvalue weighted by Crippen LogP contribution is 2.36. The van der Waals surface area contributed by atoms with Gasteiger partial charge in [0.2, 0.25) is 0 Å². The third-order valence-electron chi connectivity index (χ3n) is 4.87. The lowest BCUT2D eigenvalue weighted by molar-refractivity contribution is -0.125. The van der Waals surface area contributed by atoms with E-state index in [0.29, 0.717) is 12.1 Å². The Morgan fingerprint density at radius 2 is 1.40 bits per heavy atom. The number of ether oxygens (including phenoxy) is 1. The van der Waals surface area contributed by atoms with Crippen molar-refractivity contribution in [3.05, 3.63) is 95.1 Å². The van der Waals surface area contributed by atoms with E-state index < -0.39 is 5.97 Å². The molecule has 30 heavy (non-hydrogen) atoms. The maximum absolute atomic E-state index is 12.1. The summed E-state index contributed by atoms with van der Waals surface area (Å²) >= 11 is 0. The van der Waals surface area contributed by atoms with E-state index in [1.165, 1.54) is 7.11 Å². The summed E-state index contributed by atoms with van der Waals surface area (Å²) in [5.74, 6) is -0.677. The van der Waals surface area contributed by atoms with E-state index >= 15 is 0 Å². The number of oxime groups is 1. The first-order valence-corrected chi connectivity index (χ1v) is 9.50. The minimum atomic E-state index is -0.395. The first-order valence-electron chi connectivity index (χ1n) is 9.50. The predicted molar refractivity (Wildman–Crippen MR) is 113 cm³/mol. The first-order chi connectivity index (χ1) is 14.7. The van der Waals surface area contributed by atoms with Gasteiger partial charge in [0.1, 0.15) is 5.71 Å². The van der Waals surface area contributed by atoms with Gasteiger partial charge < -0.3 is 14.9 Å². The Morgan fingerprint density at radius 3 is 1.97 bits per heavy atom.